The molecular weight excluding hydrogens is 328 g/mol. The zero-order chi connectivity index (χ0) is 18.5. The molecule has 0 fully saturated rings. The lowest BCUT2D eigenvalue weighted by Crippen LogP contribution is -2.15. The maximum Gasteiger partial charge on any atom is 0.257 e. The Morgan fingerprint density at radius 2 is 1.31 bits per heavy atom. The van der Waals surface area contributed by atoms with E-state index in [-0.39, 0.29) is 11.8 Å². The van der Waals surface area contributed by atoms with Crippen molar-refractivity contribution in [1.29, 1.82) is 0 Å². The summed E-state index contributed by atoms with van der Waals surface area (Å²) in [6.45, 7) is 0. The fourth-order valence-electron chi connectivity index (χ4n) is 2.41. The maximum absolute atomic E-state index is 12.3. The van der Waals surface area contributed by atoms with Gasteiger partial charge in [-0.05, 0) is 54.6 Å². The summed E-state index contributed by atoms with van der Waals surface area (Å²) in [5.74, 6) is -0.578. The largest absolute Gasteiger partial charge is 0.399 e. The molecule has 0 aliphatic carbocycles. The fourth-order valence-corrected chi connectivity index (χ4v) is 2.41. The molecule has 0 bridgehead atoms. The number of nitrogens with one attached hydrogen (secondary N) is 2. The maximum atomic E-state index is 12.3. The minimum Gasteiger partial charge on any atom is -0.399 e. The van der Waals surface area contributed by atoms with Crippen LogP contribution in [0.25, 0.3) is 0 Å². The summed E-state index contributed by atoms with van der Waals surface area (Å²) >= 11 is 0. The van der Waals surface area contributed by atoms with E-state index in [1.54, 1.807) is 72.8 Å². The van der Waals surface area contributed by atoms with Crippen LogP contribution in [0.4, 0.5) is 22.7 Å². The number of rotatable bonds is 4. The van der Waals surface area contributed by atoms with Gasteiger partial charge in [-0.1, -0.05) is 18.2 Å². The van der Waals surface area contributed by atoms with Gasteiger partial charge in [0.2, 0.25) is 0 Å². The van der Waals surface area contributed by atoms with Gasteiger partial charge in [-0.2, -0.15) is 0 Å². The van der Waals surface area contributed by atoms with Gasteiger partial charge in [0, 0.05) is 28.3 Å². The van der Waals surface area contributed by atoms with Crippen LogP contribution in [-0.4, -0.2) is 11.8 Å². The molecule has 0 unspecified atom stereocenters. The number of amides is 2. The average Bonchev–Trinajstić information content (AvgIpc) is 2.63. The van der Waals surface area contributed by atoms with E-state index >= 15 is 0 Å². The molecule has 6 nitrogen and oxygen atoms in total. The Bertz CT molecular complexity index is 952. The van der Waals surface area contributed by atoms with Crippen molar-refractivity contribution >= 4 is 34.6 Å². The van der Waals surface area contributed by atoms with E-state index in [1.807, 2.05) is 0 Å². The van der Waals surface area contributed by atoms with Crippen LogP contribution in [-0.2, 0) is 0 Å². The molecule has 0 aromatic heterocycles. The molecule has 0 atom stereocenters. The summed E-state index contributed by atoms with van der Waals surface area (Å²) in [4.78, 5) is 24.6. The topological polar surface area (TPSA) is 110 Å². The van der Waals surface area contributed by atoms with Crippen molar-refractivity contribution in [2.24, 2.45) is 0 Å². The van der Waals surface area contributed by atoms with Crippen molar-refractivity contribution in [3.8, 4) is 0 Å². The molecule has 3 rings (SSSR count). The first-order valence-corrected chi connectivity index (χ1v) is 7.96. The van der Waals surface area contributed by atoms with Gasteiger partial charge < -0.3 is 22.1 Å². The lowest BCUT2D eigenvalue weighted by molar-refractivity contribution is 0.102. The summed E-state index contributed by atoms with van der Waals surface area (Å²) in [5.41, 5.74) is 14.4. The SMILES string of the molecule is Nc1ccc(C(=O)Nc2cccc(NC(=O)c3ccccc3N)c2)cc1. The van der Waals surface area contributed by atoms with Gasteiger partial charge in [0.25, 0.3) is 11.8 Å². The Kier molecular flexibility index (Phi) is 4.85. The molecule has 0 heterocycles. The quantitative estimate of drug-likeness (QED) is 0.543. The number of carbonyl (C=O) groups is 2. The van der Waals surface area contributed by atoms with E-state index in [0.717, 1.165) is 0 Å². The van der Waals surface area contributed by atoms with Crippen LogP contribution in [0.15, 0.2) is 72.8 Å². The molecule has 0 aliphatic heterocycles. The molecule has 3 aromatic carbocycles. The van der Waals surface area contributed by atoms with E-state index in [4.69, 9.17) is 11.5 Å². The first-order valence-electron chi connectivity index (χ1n) is 7.96. The van der Waals surface area contributed by atoms with Crippen LogP contribution < -0.4 is 22.1 Å². The van der Waals surface area contributed by atoms with Crippen LogP contribution in [0, 0.1) is 0 Å². The number of anilines is 4. The van der Waals surface area contributed by atoms with Gasteiger partial charge in [0.15, 0.2) is 0 Å². The Morgan fingerprint density at radius 1 is 0.692 bits per heavy atom. The van der Waals surface area contributed by atoms with E-state index in [2.05, 4.69) is 10.6 Å². The highest BCUT2D eigenvalue weighted by Crippen LogP contribution is 2.19. The second-order valence-electron chi connectivity index (χ2n) is 5.70. The second-order valence-corrected chi connectivity index (χ2v) is 5.70. The van der Waals surface area contributed by atoms with Gasteiger partial charge in [-0.15, -0.1) is 0 Å². The standard InChI is InChI=1S/C20H18N4O2/c21-14-10-8-13(9-11-14)19(25)23-15-4-3-5-16(12-15)24-20(26)17-6-1-2-7-18(17)22/h1-12H,21-22H2,(H,23,25)(H,24,26). The summed E-state index contributed by atoms with van der Waals surface area (Å²) in [7, 11) is 0. The van der Waals surface area contributed by atoms with Crippen LogP contribution in [0.2, 0.25) is 0 Å². The number of hydrogen-bond acceptors (Lipinski definition) is 4. The summed E-state index contributed by atoms with van der Waals surface area (Å²) < 4.78 is 0. The fraction of sp³-hybridized carbons (Fsp3) is 0. The molecule has 0 spiro atoms. The van der Waals surface area contributed by atoms with E-state index in [9.17, 15) is 9.59 Å². The zero-order valence-corrected chi connectivity index (χ0v) is 13.9. The summed E-state index contributed by atoms with van der Waals surface area (Å²) in [5, 5.41) is 5.56. The number of hydrogen-bond donors (Lipinski definition) is 4. The van der Waals surface area contributed by atoms with E-state index < -0.39 is 0 Å². The van der Waals surface area contributed by atoms with Crippen molar-refractivity contribution in [2.75, 3.05) is 22.1 Å². The van der Waals surface area contributed by atoms with E-state index in [1.165, 1.54) is 0 Å². The Morgan fingerprint density at radius 3 is 1.96 bits per heavy atom. The third-order valence-corrected chi connectivity index (χ3v) is 3.76. The van der Waals surface area contributed by atoms with Gasteiger partial charge in [-0.3, -0.25) is 9.59 Å². The number of carbonyl (C=O) groups excluding carboxylic acids is 2. The highest BCUT2D eigenvalue weighted by atomic mass is 16.2. The minimum atomic E-state index is -0.315. The van der Waals surface area contributed by atoms with Crippen molar-refractivity contribution in [2.45, 2.75) is 0 Å². The number of nitrogens with two attached hydrogens (primary N) is 2. The molecule has 6 N–H and O–H groups in total. The van der Waals surface area contributed by atoms with Crippen LogP contribution in [0.1, 0.15) is 20.7 Å². The van der Waals surface area contributed by atoms with E-state index in [0.29, 0.717) is 33.9 Å². The molecule has 130 valence electrons. The lowest BCUT2D eigenvalue weighted by atomic mass is 10.1. The van der Waals surface area contributed by atoms with Crippen molar-refractivity contribution in [3.63, 3.8) is 0 Å². The first kappa shape index (κ1) is 17.0. The third-order valence-electron chi connectivity index (χ3n) is 3.76. The molecular formula is C20H18N4O2. The Balaban J connectivity index is 1.72. The molecule has 2 amide bonds. The van der Waals surface area contributed by atoms with Crippen molar-refractivity contribution in [1.82, 2.24) is 0 Å². The molecule has 0 radical (unpaired) electrons. The molecule has 26 heavy (non-hydrogen) atoms. The third kappa shape index (κ3) is 3.99. The predicted octanol–water partition coefficient (Wildman–Crippen LogP) is 3.36. The smallest absolute Gasteiger partial charge is 0.257 e. The van der Waals surface area contributed by atoms with Crippen molar-refractivity contribution in [3.05, 3.63) is 83.9 Å². The number of benzene rings is 3. The van der Waals surface area contributed by atoms with Crippen molar-refractivity contribution < 1.29 is 9.59 Å². The minimum absolute atomic E-state index is 0.263. The second kappa shape index (κ2) is 7.40. The van der Waals surface area contributed by atoms with Crippen LogP contribution in [0.5, 0.6) is 0 Å². The molecule has 0 saturated carbocycles. The van der Waals surface area contributed by atoms with Crippen LogP contribution in [0.3, 0.4) is 0 Å². The van der Waals surface area contributed by atoms with Crippen LogP contribution >= 0.6 is 0 Å². The Labute approximate surface area is 150 Å². The normalized spacial score (nSPS) is 10.2. The number of nitrogen functional groups attached to an aromatic ring is 2. The van der Waals surface area contributed by atoms with Gasteiger partial charge >= 0.3 is 0 Å². The molecule has 0 saturated heterocycles. The zero-order valence-electron chi connectivity index (χ0n) is 13.9. The average molecular weight is 346 g/mol. The highest BCUT2D eigenvalue weighted by Gasteiger charge is 2.10. The Hall–Kier alpha value is -3.80. The lowest BCUT2D eigenvalue weighted by Gasteiger charge is -2.10. The number of para-hydroxylation sites is 1. The predicted molar refractivity (Wildman–Crippen MR) is 104 cm³/mol. The molecule has 6 heteroatoms. The monoisotopic (exact) mass is 346 g/mol. The summed E-state index contributed by atoms with van der Waals surface area (Å²) in [6.07, 6.45) is 0. The van der Waals surface area contributed by atoms with Gasteiger partial charge in [0.05, 0.1) is 5.56 Å². The molecule has 3 aromatic rings. The van der Waals surface area contributed by atoms with Gasteiger partial charge in [0.1, 0.15) is 0 Å². The summed E-state index contributed by atoms with van der Waals surface area (Å²) in [6, 6.07) is 20.3. The van der Waals surface area contributed by atoms with Gasteiger partial charge in [-0.25, -0.2) is 0 Å². The first-order chi connectivity index (χ1) is 12.5. The molecule has 0 aliphatic rings. The highest BCUT2D eigenvalue weighted by molar-refractivity contribution is 6.08.